The Morgan fingerprint density at radius 1 is 1.07 bits per heavy atom. The van der Waals surface area contributed by atoms with Crippen LogP contribution in [0.2, 0.25) is 0 Å². The highest BCUT2D eigenvalue weighted by molar-refractivity contribution is 5.66. The van der Waals surface area contributed by atoms with Crippen LogP contribution in [0.25, 0.3) is 11.1 Å². The maximum absolute atomic E-state index is 5.67. The zero-order chi connectivity index (χ0) is 9.80. The summed E-state index contributed by atoms with van der Waals surface area (Å²) in [4.78, 5) is 4.10. The zero-order valence-corrected chi connectivity index (χ0v) is 7.85. The van der Waals surface area contributed by atoms with Crippen LogP contribution in [0.5, 0.6) is 0 Å². The molecule has 0 fully saturated rings. The summed E-state index contributed by atoms with van der Waals surface area (Å²) in [6.45, 7) is 0.561. The van der Waals surface area contributed by atoms with Crippen molar-refractivity contribution in [2.45, 2.75) is 6.54 Å². The maximum atomic E-state index is 5.67. The molecule has 1 heterocycles. The average Bonchev–Trinajstić information content (AvgIpc) is 2.30. The van der Waals surface area contributed by atoms with Crippen LogP contribution in [0, 0.1) is 0 Å². The summed E-state index contributed by atoms with van der Waals surface area (Å²) in [5.41, 5.74) is 9.11. The van der Waals surface area contributed by atoms with E-state index in [-0.39, 0.29) is 0 Å². The lowest BCUT2D eigenvalue weighted by molar-refractivity contribution is 1.07. The van der Waals surface area contributed by atoms with Crippen LogP contribution in [0.3, 0.4) is 0 Å². The first-order valence-electron chi connectivity index (χ1n) is 4.60. The zero-order valence-electron chi connectivity index (χ0n) is 7.85. The Labute approximate surface area is 83.4 Å². The Balaban J connectivity index is 2.51. The molecule has 0 aliphatic heterocycles. The minimum atomic E-state index is 0.561. The molecule has 0 aliphatic carbocycles. The molecule has 2 aromatic rings. The van der Waals surface area contributed by atoms with Gasteiger partial charge >= 0.3 is 0 Å². The molecule has 0 radical (unpaired) electrons. The van der Waals surface area contributed by atoms with Gasteiger partial charge in [-0.2, -0.15) is 0 Å². The lowest BCUT2D eigenvalue weighted by Gasteiger charge is -2.06. The van der Waals surface area contributed by atoms with Gasteiger partial charge in [-0.1, -0.05) is 30.3 Å². The van der Waals surface area contributed by atoms with Crippen LogP contribution in [-0.2, 0) is 6.54 Å². The van der Waals surface area contributed by atoms with Crippen molar-refractivity contribution in [1.29, 1.82) is 0 Å². The fraction of sp³-hybridized carbons (Fsp3) is 0.0833. The highest BCUT2D eigenvalue weighted by Crippen LogP contribution is 2.21. The number of benzene rings is 1. The van der Waals surface area contributed by atoms with E-state index in [1.165, 1.54) is 5.56 Å². The van der Waals surface area contributed by atoms with Gasteiger partial charge in [0.15, 0.2) is 0 Å². The summed E-state index contributed by atoms with van der Waals surface area (Å²) < 4.78 is 0. The van der Waals surface area contributed by atoms with E-state index in [2.05, 4.69) is 11.1 Å². The standard InChI is InChI=1S/C12H12N2/c13-8-10-4-1-2-6-12(10)11-5-3-7-14-9-11/h1-7,9H,8,13H2. The molecule has 2 nitrogen and oxygen atoms in total. The quantitative estimate of drug-likeness (QED) is 0.777. The van der Waals surface area contributed by atoms with E-state index in [1.807, 2.05) is 36.5 Å². The van der Waals surface area contributed by atoms with E-state index < -0.39 is 0 Å². The first-order chi connectivity index (χ1) is 6.92. The number of hydrogen-bond acceptors (Lipinski definition) is 2. The van der Waals surface area contributed by atoms with Crippen molar-refractivity contribution in [2.24, 2.45) is 5.73 Å². The first-order valence-corrected chi connectivity index (χ1v) is 4.60. The lowest BCUT2D eigenvalue weighted by Crippen LogP contribution is -1.98. The predicted octanol–water partition coefficient (Wildman–Crippen LogP) is 2.21. The molecule has 1 aromatic carbocycles. The predicted molar refractivity (Wildman–Crippen MR) is 57.6 cm³/mol. The van der Waals surface area contributed by atoms with Gasteiger partial charge in [-0.15, -0.1) is 0 Å². The number of nitrogens with two attached hydrogens (primary N) is 1. The molecule has 70 valence electrons. The summed E-state index contributed by atoms with van der Waals surface area (Å²) in [6, 6.07) is 12.1. The van der Waals surface area contributed by atoms with Crippen molar-refractivity contribution in [3.63, 3.8) is 0 Å². The van der Waals surface area contributed by atoms with Crippen LogP contribution in [0.4, 0.5) is 0 Å². The molecular formula is C12H12N2. The van der Waals surface area contributed by atoms with Crippen LogP contribution in [0.1, 0.15) is 5.56 Å². The third kappa shape index (κ3) is 1.65. The minimum absolute atomic E-state index is 0.561. The van der Waals surface area contributed by atoms with Crippen LogP contribution >= 0.6 is 0 Å². The van der Waals surface area contributed by atoms with E-state index in [1.54, 1.807) is 6.20 Å². The second-order valence-electron chi connectivity index (χ2n) is 3.10. The smallest absolute Gasteiger partial charge is 0.0346 e. The number of pyridine rings is 1. The normalized spacial score (nSPS) is 10.1. The Hall–Kier alpha value is -1.67. The molecule has 0 amide bonds. The molecule has 0 atom stereocenters. The number of hydrogen-bond donors (Lipinski definition) is 1. The van der Waals surface area contributed by atoms with E-state index in [0.29, 0.717) is 6.54 Å². The SMILES string of the molecule is NCc1ccccc1-c1cccnc1. The van der Waals surface area contributed by atoms with Crippen molar-refractivity contribution in [3.8, 4) is 11.1 Å². The molecule has 0 aliphatic rings. The van der Waals surface area contributed by atoms with E-state index in [4.69, 9.17) is 5.73 Å². The summed E-state index contributed by atoms with van der Waals surface area (Å²) in [5, 5.41) is 0. The Bertz CT molecular complexity index is 410. The molecule has 2 rings (SSSR count). The van der Waals surface area contributed by atoms with Gasteiger partial charge in [-0.3, -0.25) is 4.98 Å². The molecule has 2 heteroatoms. The lowest BCUT2D eigenvalue weighted by atomic mass is 10.0. The van der Waals surface area contributed by atoms with Crippen molar-refractivity contribution in [3.05, 3.63) is 54.4 Å². The largest absolute Gasteiger partial charge is 0.326 e. The molecule has 1 aromatic heterocycles. The van der Waals surface area contributed by atoms with Gasteiger partial charge in [0.1, 0.15) is 0 Å². The van der Waals surface area contributed by atoms with E-state index >= 15 is 0 Å². The fourth-order valence-electron chi connectivity index (χ4n) is 1.50. The molecule has 14 heavy (non-hydrogen) atoms. The van der Waals surface area contributed by atoms with Gasteiger partial charge in [0.2, 0.25) is 0 Å². The molecule has 0 saturated heterocycles. The van der Waals surface area contributed by atoms with Gasteiger partial charge in [-0.25, -0.2) is 0 Å². The summed E-state index contributed by atoms with van der Waals surface area (Å²) in [7, 11) is 0. The third-order valence-corrected chi connectivity index (χ3v) is 2.21. The molecule has 0 unspecified atom stereocenters. The first kappa shape index (κ1) is 8.91. The van der Waals surface area contributed by atoms with Crippen molar-refractivity contribution in [2.75, 3.05) is 0 Å². The second kappa shape index (κ2) is 4.03. The van der Waals surface area contributed by atoms with Crippen LogP contribution in [-0.4, -0.2) is 4.98 Å². The van der Waals surface area contributed by atoms with Gasteiger partial charge < -0.3 is 5.73 Å². The monoisotopic (exact) mass is 184 g/mol. The van der Waals surface area contributed by atoms with Crippen molar-refractivity contribution < 1.29 is 0 Å². The second-order valence-corrected chi connectivity index (χ2v) is 3.10. The number of rotatable bonds is 2. The minimum Gasteiger partial charge on any atom is -0.326 e. The van der Waals surface area contributed by atoms with Gasteiger partial charge in [0.05, 0.1) is 0 Å². The van der Waals surface area contributed by atoms with Crippen LogP contribution < -0.4 is 5.73 Å². The van der Waals surface area contributed by atoms with Crippen molar-refractivity contribution >= 4 is 0 Å². The molecule has 0 saturated carbocycles. The molecule has 0 spiro atoms. The number of nitrogens with zero attached hydrogens (tertiary/aromatic N) is 1. The Morgan fingerprint density at radius 3 is 2.64 bits per heavy atom. The topological polar surface area (TPSA) is 38.9 Å². The maximum Gasteiger partial charge on any atom is 0.0346 e. The van der Waals surface area contributed by atoms with Crippen LogP contribution in [0.15, 0.2) is 48.8 Å². The van der Waals surface area contributed by atoms with Gasteiger partial charge in [0.25, 0.3) is 0 Å². The third-order valence-electron chi connectivity index (χ3n) is 2.21. The summed E-state index contributed by atoms with van der Waals surface area (Å²) >= 11 is 0. The highest BCUT2D eigenvalue weighted by atomic mass is 14.6. The summed E-state index contributed by atoms with van der Waals surface area (Å²) in [6.07, 6.45) is 3.63. The van der Waals surface area contributed by atoms with Gasteiger partial charge in [0, 0.05) is 24.5 Å². The highest BCUT2D eigenvalue weighted by Gasteiger charge is 2.01. The molecular weight excluding hydrogens is 172 g/mol. The molecule has 0 bridgehead atoms. The van der Waals surface area contributed by atoms with E-state index in [9.17, 15) is 0 Å². The number of aromatic nitrogens is 1. The van der Waals surface area contributed by atoms with Crippen molar-refractivity contribution in [1.82, 2.24) is 4.98 Å². The molecule has 2 N–H and O–H groups in total. The average molecular weight is 184 g/mol. The van der Waals surface area contributed by atoms with Gasteiger partial charge in [-0.05, 0) is 17.2 Å². The summed E-state index contributed by atoms with van der Waals surface area (Å²) in [5.74, 6) is 0. The van der Waals surface area contributed by atoms with E-state index in [0.717, 1.165) is 11.1 Å². The Morgan fingerprint density at radius 2 is 1.93 bits per heavy atom. The Kier molecular flexibility index (Phi) is 2.56. The fourth-order valence-corrected chi connectivity index (χ4v) is 1.50.